The summed E-state index contributed by atoms with van der Waals surface area (Å²) in [4.78, 5) is 35.6. The van der Waals surface area contributed by atoms with Crippen LogP contribution in [0, 0.1) is 11.3 Å². The van der Waals surface area contributed by atoms with Crippen LogP contribution in [0.2, 0.25) is 5.02 Å². The molecule has 0 saturated heterocycles. The van der Waals surface area contributed by atoms with Gasteiger partial charge in [-0.15, -0.1) is 0 Å². The molecule has 2 heterocycles. The van der Waals surface area contributed by atoms with Crippen molar-refractivity contribution in [3.05, 3.63) is 93.8 Å². The first kappa shape index (κ1) is 29.8. The van der Waals surface area contributed by atoms with E-state index in [1.165, 1.54) is 0 Å². The Morgan fingerprint density at radius 2 is 1.81 bits per heavy atom. The average Bonchev–Trinajstić information content (AvgIpc) is 3.32. The highest BCUT2D eigenvalue weighted by Gasteiger charge is 2.49. The molecular weight excluding hydrogens is 578 g/mol. The number of halogens is 1. The van der Waals surface area contributed by atoms with Gasteiger partial charge in [0, 0.05) is 35.4 Å². The molecule has 0 radical (unpaired) electrons. The molecule has 0 bridgehead atoms. The largest absolute Gasteiger partial charge is 0.337 e. The van der Waals surface area contributed by atoms with E-state index in [1.807, 2.05) is 0 Å². The van der Waals surface area contributed by atoms with Gasteiger partial charge in [0.2, 0.25) is 10.0 Å². The number of carbonyl (C=O) groups excluding carboxylic acids is 2. The third kappa shape index (κ3) is 6.08. The lowest BCUT2D eigenvalue weighted by Crippen LogP contribution is -2.59. The smallest absolute Gasteiger partial charge is 0.255 e. The van der Waals surface area contributed by atoms with Gasteiger partial charge in [0.15, 0.2) is 0 Å². The molecule has 2 aromatic carbocycles. The molecule has 220 valence electrons. The fourth-order valence-corrected chi connectivity index (χ4v) is 7.08. The van der Waals surface area contributed by atoms with E-state index in [4.69, 9.17) is 16.4 Å². The molecule has 2 aliphatic rings. The van der Waals surface area contributed by atoms with Gasteiger partial charge in [-0.2, -0.15) is 5.26 Å². The van der Waals surface area contributed by atoms with E-state index in [-0.39, 0.29) is 12.5 Å². The van der Waals surface area contributed by atoms with E-state index >= 15 is 0 Å². The van der Waals surface area contributed by atoms with Crippen molar-refractivity contribution in [1.29, 1.82) is 5.26 Å². The second-order valence-electron chi connectivity index (χ2n) is 10.8. The monoisotopic (exact) mass is 609 g/mol. The van der Waals surface area contributed by atoms with Crippen LogP contribution in [0.4, 0.5) is 0 Å². The number of nitrogens with one attached hydrogen (secondary N) is 2. The molecule has 2 N–H and O–H groups in total. The van der Waals surface area contributed by atoms with Gasteiger partial charge >= 0.3 is 0 Å². The van der Waals surface area contributed by atoms with Crippen LogP contribution in [0.5, 0.6) is 0 Å². The number of rotatable bonds is 8. The number of aromatic nitrogens is 1. The van der Waals surface area contributed by atoms with Crippen molar-refractivity contribution in [3.63, 3.8) is 0 Å². The Hall–Kier alpha value is -3.69. The van der Waals surface area contributed by atoms with Gasteiger partial charge in [0.25, 0.3) is 11.8 Å². The lowest BCUT2D eigenvalue weighted by Gasteiger charge is -2.49. The second-order valence-corrected chi connectivity index (χ2v) is 13.0. The Morgan fingerprint density at radius 1 is 1.10 bits per heavy atom. The number of amides is 2. The highest BCUT2D eigenvalue weighted by molar-refractivity contribution is 7.88. The maximum atomic E-state index is 14.2. The SMILES string of the molecule is Cn1c(C#N)ccc1CONC(=O)[C@@H]1c2ccccc2C(=O)N([C@H]2CCCC[C@@H]2NS(C)(=O)=O)[C@H]1c1ccc(Cl)cc1. The molecule has 1 saturated carbocycles. The molecular formula is C30H32ClN5O5S. The number of nitrogens with zero attached hydrogens (tertiary/aromatic N) is 3. The fraction of sp³-hybridized carbons (Fsp3) is 0.367. The first-order valence-electron chi connectivity index (χ1n) is 13.7. The van der Waals surface area contributed by atoms with E-state index in [0.29, 0.717) is 45.9 Å². The van der Waals surface area contributed by atoms with E-state index in [2.05, 4.69) is 16.3 Å². The topological polar surface area (TPSA) is 134 Å². The molecule has 0 spiro atoms. The summed E-state index contributed by atoms with van der Waals surface area (Å²) >= 11 is 6.21. The number of fused-ring (bicyclic) bond motifs is 1. The van der Waals surface area contributed by atoms with Crippen LogP contribution in [0.25, 0.3) is 0 Å². The molecule has 4 atom stereocenters. The Balaban J connectivity index is 1.55. The summed E-state index contributed by atoms with van der Waals surface area (Å²) in [6.45, 7) is 0.0233. The lowest BCUT2D eigenvalue weighted by atomic mass is 9.76. The molecule has 1 aliphatic heterocycles. The summed E-state index contributed by atoms with van der Waals surface area (Å²) in [6.07, 6.45) is 3.89. The van der Waals surface area contributed by atoms with Crippen molar-refractivity contribution in [2.45, 2.75) is 56.3 Å². The number of carbonyl (C=O) groups is 2. The highest BCUT2D eigenvalue weighted by Crippen LogP contribution is 2.46. The molecule has 2 amide bonds. The normalized spacial score (nSPS) is 22.3. The van der Waals surface area contributed by atoms with Crippen molar-refractivity contribution in [1.82, 2.24) is 19.7 Å². The molecule has 1 aliphatic carbocycles. The Bertz CT molecular complexity index is 1630. The predicted molar refractivity (Wildman–Crippen MR) is 157 cm³/mol. The Morgan fingerprint density at radius 3 is 2.50 bits per heavy atom. The maximum Gasteiger partial charge on any atom is 0.255 e. The Kier molecular flexibility index (Phi) is 8.70. The number of sulfonamides is 1. The number of benzene rings is 2. The number of nitriles is 1. The van der Waals surface area contributed by atoms with Gasteiger partial charge in [-0.3, -0.25) is 14.4 Å². The van der Waals surface area contributed by atoms with Gasteiger partial charge in [0.05, 0.1) is 18.2 Å². The lowest BCUT2D eigenvalue weighted by molar-refractivity contribution is -0.138. The van der Waals surface area contributed by atoms with E-state index < -0.39 is 40.0 Å². The fourth-order valence-electron chi connectivity index (χ4n) is 6.13. The van der Waals surface area contributed by atoms with Crippen molar-refractivity contribution < 1.29 is 22.8 Å². The van der Waals surface area contributed by atoms with Crippen LogP contribution in [0.3, 0.4) is 0 Å². The van der Waals surface area contributed by atoms with Crippen LogP contribution in [-0.2, 0) is 33.3 Å². The van der Waals surface area contributed by atoms with Crippen LogP contribution < -0.4 is 10.2 Å². The maximum absolute atomic E-state index is 14.2. The number of hydrogen-bond acceptors (Lipinski definition) is 6. The quantitative estimate of drug-likeness (QED) is 0.372. The minimum Gasteiger partial charge on any atom is -0.337 e. The van der Waals surface area contributed by atoms with Crippen molar-refractivity contribution in [3.8, 4) is 6.07 Å². The summed E-state index contributed by atoms with van der Waals surface area (Å²) in [5.74, 6) is -1.60. The Labute approximate surface area is 250 Å². The third-order valence-electron chi connectivity index (χ3n) is 8.06. The van der Waals surface area contributed by atoms with Crippen LogP contribution in [-0.4, -0.2) is 48.0 Å². The molecule has 10 nitrogen and oxygen atoms in total. The predicted octanol–water partition coefficient (Wildman–Crippen LogP) is 3.94. The number of hydrogen-bond donors (Lipinski definition) is 2. The van der Waals surface area contributed by atoms with E-state index in [1.54, 1.807) is 77.2 Å². The average molecular weight is 610 g/mol. The van der Waals surface area contributed by atoms with Gasteiger partial charge in [-0.05, 0) is 54.3 Å². The molecule has 0 unspecified atom stereocenters. The van der Waals surface area contributed by atoms with Crippen LogP contribution in [0.1, 0.15) is 70.5 Å². The third-order valence-corrected chi connectivity index (χ3v) is 9.04. The summed E-state index contributed by atoms with van der Waals surface area (Å²) in [5, 5.41) is 9.74. The van der Waals surface area contributed by atoms with Crippen molar-refractivity contribution in [2.24, 2.45) is 7.05 Å². The van der Waals surface area contributed by atoms with Crippen LogP contribution in [0.15, 0.2) is 60.7 Å². The molecule has 5 rings (SSSR count). The van der Waals surface area contributed by atoms with Gasteiger partial charge in [-0.1, -0.05) is 54.8 Å². The zero-order valence-corrected chi connectivity index (χ0v) is 24.9. The van der Waals surface area contributed by atoms with Crippen LogP contribution >= 0.6 is 11.6 Å². The first-order valence-corrected chi connectivity index (χ1v) is 16.0. The minimum absolute atomic E-state index is 0.0233. The minimum atomic E-state index is -3.56. The molecule has 3 aromatic rings. The summed E-state index contributed by atoms with van der Waals surface area (Å²) in [7, 11) is -1.82. The van der Waals surface area contributed by atoms with Crippen molar-refractivity contribution in [2.75, 3.05) is 6.26 Å². The summed E-state index contributed by atoms with van der Waals surface area (Å²) < 4.78 is 29.1. The molecule has 12 heteroatoms. The standard InChI is InChI=1S/C30H32ClN5O5S/c1-35-21(17-32)15-16-22(35)18-41-33-29(37)27-23-7-3-4-8-24(23)30(38)36(28(27)19-11-13-20(31)14-12-19)26-10-6-5-9-25(26)34-42(2,39)40/h3-4,7-8,11-16,25-28,34H,5-6,9-10,18H2,1-2H3,(H,33,37)/t25-,26-,27+,28-/m0/s1. The van der Waals surface area contributed by atoms with Gasteiger partial charge in [0.1, 0.15) is 18.4 Å². The zero-order chi connectivity index (χ0) is 30.0. The first-order chi connectivity index (χ1) is 20.1. The molecule has 42 heavy (non-hydrogen) atoms. The zero-order valence-electron chi connectivity index (χ0n) is 23.3. The highest BCUT2D eigenvalue weighted by atomic mass is 35.5. The van der Waals surface area contributed by atoms with E-state index in [0.717, 1.165) is 19.1 Å². The van der Waals surface area contributed by atoms with E-state index in [9.17, 15) is 23.3 Å². The van der Waals surface area contributed by atoms with Gasteiger partial charge < -0.3 is 9.47 Å². The molecule has 1 fully saturated rings. The second kappa shape index (κ2) is 12.3. The van der Waals surface area contributed by atoms with Gasteiger partial charge in [-0.25, -0.2) is 18.6 Å². The molecule has 1 aromatic heterocycles. The summed E-state index contributed by atoms with van der Waals surface area (Å²) in [5.41, 5.74) is 5.36. The number of hydroxylamine groups is 1. The van der Waals surface area contributed by atoms with Crippen molar-refractivity contribution >= 4 is 33.4 Å². The summed E-state index contributed by atoms with van der Waals surface area (Å²) in [6, 6.07) is 17.7.